The van der Waals surface area contributed by atoms with Gasteiger partial charge >= 0.3 is 10.1 Å². The standard InChI is InChI=1S/C16H15BrN4O6S2/c1-2-26-14-8-10(9-19-20-16(18)28)7-13(17)15(14)27-29(24,25)12-5-3-11(4-6-12)21(22)23/h3-9H,2H2,1H3,(H3,18,20,28). The molecule has 0 aromatic heterocycles. The van der Waals surface area contributed by atoms with Gasteiger partial charge in [0.25, 0.3) is 5.69 Å². The Labute approximate surface area is 180 Å². The van der Waals surface area contributed by atoms with Crippen LogP contribution in [0.4, 0.5) is 5.69 Å². The summed E-state index contributed by atoms with van der Waals surface area (Å²) in [6.45, 7) is 1.96. The quantitative estimate of drug-likeness (QED) is 0.183. The molecule has 0 amide bonds. The molecule has 0 spiro atoms. The summed E-state index contributed by atoms with van der Waals surface area (Å²) >= 11 is 7.90. The Morgan fingerprint density at radius 3 is 2.59 bits per heavy atom. The Hall–Kier alpha value is -2.77. The summed E-state index contributed by atoms with van der Waals surface area (Å²) in [6.07, 6.45) is 1.40. The maximum atomic E-state index is 12.6. The van der Waals surface area contributed by atoms with Crippen LogP contribution in [0.3, 0.4) is 0 Å². The molecule has 2 rings (SSSR count). The van der Waals surface area contributed by atoms with Crippen LogP contribution in [0.1, 0.15) is 12.5 Å². The lowest BCUT2D eigenvalue weighted by Gasteiger charge is -2.14. The number of nitrogens with zero attached hydrogens (tertiary/aromatic N) is 2. The molecule has 3 N–H and O–H groups in total. The van der Waals surface area contributed by atoms with Crippen LogP contribution in [0.2, 0.25) is 0 Å². The molecule has 0 unspecified atom stereocenters. The molecule has 13 heteroatoms. The van der Waals surface area contributed by atoms with Crippen LogP contribution in [-0.2, 0) is 10.1 Å². The number of nitrogens with one attached hydrogen (secondary N) is 1. The molecule has 0 aliphatic carbocycles. The van der Waals surface area contributed by atoms with Gasteiger partial charge in [-0.1, -0.05) is 0 Å². The van der Waals surface area contributed by atoms with E-state index in [1.165, 1.54) is 12.3 Å². The summed E-state index contributed by atoms with van der Waals surface area (Å²) in [4.78, 5) is 9.85. The highest BCUT2D eigenvalue weighted by molar-refractivity contribution is 9.10. The SMILES string of the molecule is CCOc1cc(C=NNC(N)=S)cc(Br)c1OS(=O)(=O)c1ccc([N+](=O)[O-])cc1. The van der Waals surface area contributed by atoms with Gasteiger partial charge in [0.05, 0.1) is 22.2 Å². The van der Waals surface area contributed by atoms with Gasteiger partial charge in [0.15, 0.2) is 16.6 Å². The highest BCUT2D eigenvalue weighted by atomic mass is 79.9. The number of ether oxygens (including phenoxy) is 1. The van der Waals surface area contributed by atoms with Gasteiger partial charge in [-0.3, -0.25) is 15.5 Å². The third-order valence-corrected chi connectivity index (χ3v) is 5.17. The molecule has 0 radical (unpaired) electrons. The second-order valence-electron chi connectivity index (χ2n) is 5.29. The summed E-state index contributed by atoms with van der Waals surface area (Å²) in [5, 5.41) is 14.5. The van der Waals surface area contributed by atoms with Crippen LogP contribution in [0.5, 0.6) is 11.5 Å². The van der Waals surface area contributed by atoms with Gasteiger partial charge in [0, 0.05) is 12.1 Å². The Balaban J connectivity index is 2.38. The minimum Gasteiger partial charge on any atom is -0.490 e. The first-order chi connectivity index (χ1) is 13.6. The average Bonchev–Trinajstić information content (AvgIpc) is 2.64. The number of hydrogen-bond donors (Lipinski definition) is 2. The molecule has 0 atom stereocenters. The zero-order valence-electron chi connectivity index (χ0n) is 14.9. The van der Waals surface area contributed by atoms with E-state index in [-0.39, 0.29) is 38.3 Å². The summed E-state index contributed by atoms with van der Waals surface area (Å²) in [7, 11) is -4.27. The molecule has 2 aromatic rings. The first-order valence-corrected chi connectivity index (χ1v) is 10.5. The zero-order chi connectivity index (χ0) is 21.6. The molecule has 10 nitrogen and oxygen atoms in total. The highest BCUT2D eigenvalue weighted by Crippen LogP contribution is 2.38. The lowest BCUT2D eigenvalue weighted by molar-refractivity contribution is -0.384. The number of thiocarbonyl (C=S) groups is 1. The van der Waals surface area contributed by atoms with E-state index in [2.05, 4.69) is 38.7 Å². The molecule has 0 saturated heterocycles. The number of nitro groups is 1. The first kappa shape index (κ1) is 22.5. The smallest absolute Gasteiger partial charge is 0.339 e. The second kappa shape index (κ2) is 9.62. The number of benzene rings is 2. The predicted octanol–water partition coefficient (Wildman–Crippen LogP) is 2.69. The molecule has 0 saturated carbocycles. The van der Waals surface area contributed by atoms with Crippen LogP contribution >= 0.6 is 28.1 Å². The van der Waals surface area contributed by atoms with Crippen molar-refractivity contribution in [2.45, 2.75) is 11.8 Å². The van der Waals surface area contributed by atoms with E-state index < -0.39 is 15.0 Å². The van der Waals surface area contributed by atoms with Crippen LogP contribution in [-0.4, -0.2) is 31.3 Å². The van der Waals surface area contributed by atoms with Crippen LogP contribution in [0, 0.1) is 10.1 Å². The third kappa shape index (κ3) is 6.10. The maximum Gasteiger partial charge on any atom is 0.339 e. The summed E-state index contributed by atoms with van der Waals surface area (Å²) < 4.78 is 36.2. The largest absolute Gasteiger partial charge is 0.490 e. The maximum absolute atomic E-state index is 12.6. The van der Waals surface area contributed by atoms with Crippen LogP contribution < -0.4 is 20.1 Å². The van der Waals surface area contributed by atoms with E-state index in [0.29, 0.717) is 5.56 Å². The number of non-ortho nitro benzene ring substituents is 1. The van der Waals surface area contributed by atoms with Crippen molar-refractivity contribution in [2.75, 3.05) is 6.61 Å². The van der Waals surface area contributed by atoms with Gasteiger partial charge in [-0.25, -0.2) is 0 Å². The molecule has 2 aromatic carbocycles. The number of nitro benzene ring substituents is 1. The topological polar surface area (TPSA) is 146 Å². The molecule has 0 heterocycles. The average molecular weight is 503 g/mol. The number of rotatable bonds is 8. The number of hydrazone groups is 1. The molecule has 0 aliphatic heterocycles. The summed E-state index contributed by atoms with van der Waals surface area (Å²) in [6, 6.07) is 7.38. The van der Waals surface area contributed by atoms with Gasteiger partial charge in [0.1, 0.15) is 4.90 Å². The van der Waals surface area contributed by atoms with Crippen molar-refractivity contribution in [1.29, 1.82) is 0 Å². The van der Waals surface area contributed by atoms with E-state index in [1.807, 2.05) is 0 Å². The number of halogens is 1. The van der Waals surface area contributed by atoms with E-state index in [4.69, 9.17) is 14.7 Å². The second-order valence-corrected chi connectivity index (χ2v) is 8.13. The van der Waals surface area contributed by atoms with E-state index >= 15 is 0 Å². The summed E-state index contributed by atoms with van der Waals surface area (Å²) in [5.41, 5.74) is 7.99. The molecule has 0 bridgehead atoms. The van der Waals surface area contributed by atoms with Gasteiger partial charge < -0.3 is 14.7 Å². The molecule has 0 fully saturated rings. The van der Waals surface area contributed by atoms with E-state index in [9.17, 15) is 18.5 Å². The van der Waals surface area contributed by atoms with E-state index in [1.54, 1.807) is 13.0 Å². The Morgan fingerprint density at radius 2 is 2.03 bits per heavy atom. The molecular formula is C16H15BrN4O6S2. The number of hydrogen-bond acceptors (Lipinski definition) is 8. The molecule has 0 aliphatic rings. The minimum atomic E-state index is -4.27. The lowest BCUT2D eigenvalue weighted by atomic mass is 10.2. The molecule has 29 heavy (non-hydrogen) atoms. The molecule has 154 valence electrons. The Kier molecular flexibility index (Phi) is 7.47. The minimum absolute atomic E-state index is 0.0144. The number of nitrogens with two attached hydrogens (primary N) is 1. The van der Waals surface area contributed by atoms with Crippen molar-refractivity contribution >= 4 is 55.3 Å². The summed E-state index contributed by atoms with van der Waals surface area (Å²) in [5.74, 6) is 0.0637. The van der Waals surface area contributed by atoms with Gasteiger partial charge in [-0.05, 0) is 64.9 Å². The van der Waals surface area contributed by atoms with Crippen molar-refractivity contribution in [3.8, 4) is 11.5 Å². The normalized spacial score (nSPS) is 11.2. The van der Waals surface area contributed by atoms with Crippen LogP contribution in [0.25, 0.3) is 0 Å². The van der Waals surface area contributed by atoms with Crippen molar-refractivity contribution in [3.05, 3.63) is 56.5 Å². The van der Waals surface area contributed by atoms with Crippen LogP contribution in [0.15, 0.2) is 50.9 Å². The first-order valence-electron chi connectivity index (χ1n) is 7.88. The van der Waals surface area contributed by atoms with E-state index in [0.717, 1.165) is 24.3 Å². The monoisotopic (exact) mass is 502 g/mol. The fourth-order valence-corrected chi connectivity index (χ4v) is 3.73. The van der Waals surface area contributed by atoms with Gasteiger partial charge in [-0.2, -0.15) is 13.5 Å². The molecular weight excluding hydrogens is 488 g/mol. The Bertz CT molecular complexity index is 1060. The Morgan fingerprint density at radius 1 is 1.38 bits per heavy atom. The fraction of sp³-hybridized carbons (Fsp3) is 0.125. The predicted molar refractivity (Wildman–Crippen MR) is 114 cm³/mol. The van der Waals surface area contributed by atoms with Crippen molar-refractivity contribution in [1.82, 2.24) is 5.43 Å². The van der Waals surface area contributed by atoms with Crippen molar-refractivity contribution in [3.63, 3.8) is 0 Å². The van der Waals surface area contributed by atoms with Crippen molar-refractivity contribution < 1.29 is 22.3 Å². The highest BCUT2D eigenvalue weighted by Gasteiger charge is 2.23. The fourth-order valence-electron chi connectivity index (χ4n) is 2.07. The third-order valence-electron chi connectivity index (χ3n) is 3.25. The zero-order valence-corrected chi connectivity index (χ0v) is 18.1. The van der Waals surface area contributed by atoms with Crippen molar-refractivity contribution in [2.24, 2.45) is 10.8 Å². The van der Waals surface area contributed by atoms with Gasteiger partial charge in [0.2, 0.25) is 0 Å². The van der Waals surface area contributed by atoms with Gasteiger partial charge in [-0.15, -0.1) is 0 Å². The lowest BCUT2D eigenvalue weighted by Crippen LogP contribution is -2.24.